The molecule has 3 heteroatoms. The van der Waals surface area contributed by atoms with Crippen molar-refractivity contribution in [2.75, 3.05) is 7.11 Å². The number of esters is 1. The molecule has 0 amide bonds. The molecule has 1 aromatic carbocycles. The molecule has 0 aliphatic heterocycles. The highest BCUT2D eigenvalue weighted by molar-refractivity contribution is 7.80. The SMILES string of the molecule is COC(=O)c1cccc(S)c1C. The molecule has 0 radical (unpaired) electrons. The first-order valence-corrected chi connectivity index (χ1v) is 3.98. The van der Waals surface area contributed by atoms with E-state index in [4.69, 9.17) is 0 Å². The van der Waals surface area contributed by atoms with Crippen LogP contribution in [-0.4, -0.2) is 13.1 Å². The molecule has 0 saturated heterocycles. The van der Waals surface area contributed by atoms with Crippen molar-refractivity contribution in [2.45, 2.75) is 11.8 Å². The lowest BCUT2D eigenvalue weighted by Gasteiger charge is -2.04. The molecule has 0 saturated carbocycles. The van der Waals surface area contributed by atoms with Crippen LogP contribution in [0.5, 0.6) is 0 Å². The molecule has 12 heavy (non-hydrogen) atoms. The molecule has 0 bridgehead atoms. The maximum absolute atomic E-state index is 11.1. The number of hydrogen-bond donors (Lipinski definition) is 1. The largest absolute Gasteiger partial charge is 0.465 e. The fourth-order valence-corrected chi connectivity index (χ4v) is 1.16. The minimum atomic E-state index is -0.316. The first-order valence-electron chi connectivity index (χ1n) is 3.53. The van der Waals surface area contributed by atoms with Gasteiger partial charge in [-0.3, -0.25) is 0 Å². The van der Waals surface area contributed by atoms with E-state index in [1.807, 2.05) is 13.0 Å². The van der Waals surface area contributed by atoms with Gasteiger partial charge in [-0.1, -0.05) is 6.07 Å². The summed E-state index contributed by atoms with van der Waals surface area (Å²) in [5.41, 5.74) is 1.43. The number of carbonyl (C=O) groups is 1. The van der Waals surface area contributed by atoms with Crippen molar-refractivity contribution >= 4 is 18.6 Å². The van der Waals surface area contributed by atoms with Crippen molar-refractivity contribution in [3.63, 3.8) is 0 Å². The fourth-order valence-electron chi connectivity index (χ4n) is 0.955. The Kier molecular flexibility index (Phi) is 2.76. The van der Waals surface area contributed by atoms with Gasteiger partial charge in [0, 0.05) is 4.90 Å². The lowest BCUT2D eigenvalue weighted by Crippen LogP contribution is -2.03. The van der Waals surface area contributed by atoms with Gasteiger partial charge in [-0.2, -0.15) is 0 Å². The summed E-state index contributed by atoms with van der Waals surface area (Å²) in [6.45, 7) is 1.84. The Balaban J connectivity index is 3.16. The van der Waals surface area contributed by atoms with Crippen molar-refractivity contribution in [3.05, 3.63) is 29.3 Å². The zero-order valence-electron chi connectivity index (χ0n) is 7.00. The number of methoxy groups -OCH3 is 1. The Morgan fingerprint density at radius 3 is 2.75 bits per heavy atom. The third kappa shape index (κ3) is 1.61. The van der Waals surface area contributed by atoms with E-state index in [1.54, 1.807) is 12.1 Å². The fraction of sp³-hybridized carbons (Fsp3) is 0.222. The molecule has 0 aromatic heterocycles. The molecule has 0 N–H and O–H groups in total. The van der Waals surface area contributed by atoms with Crippen LogP contribution < -0.4 is 0 Å². The second-order valence-corrected chi connectivity index (χ2v) is 2.92. The topological polar surface area (TPSA) is 26.3 Å². The Morgan fingerprint density at radius 2 is 2.17 bits per heavy atom. The maximum atomic E-state index is 11.1. The van der Waals surface area contributed by atoms with E-state index in [0.717, 1.165) is 10.5 Å². The number of carbonyl (C=O) groups excluding carboxylic acids is 1. The normalized spacial score (nSPS) is 9.58. The molecule has 64 valence electrons. The van der Waals surface area contributed by atoms with Gasteiger partial charge in [0.15, 0.2) is 0 Å². The molecular formula is C9H10O2S. The number of benzene rings is 1. The van der Waals surface area contributed by atoms with Crippen molar-refractivity contribution in [2.24, 2.45) is 0 Å². The summed E-state index contributed by atoms with van der Waals surface area (Å²) in [5.74, 6) is -0.316. The van der Waals surface area contributed by atoms with Crippen LogP contribution in [0.1, 0.15) is 15.9 Å². The van der Waals surface area contributed by atoms with Gasteiger partial charge < -0.3 is 4.74 Å². The quantitative estimate of drug-likeness (QED) is 0.531. The summed E-state index contributed by atoms with van der Waals surface area (Å²) >= 11 is 4.19. The molecular weight excluding hydrogens is 172 g/mol. The minimum Gasteiger partial charge on any atom is -0.465 e. The number of rotatable bonds is 1. The third-order valence-electron chi connectivity index (χ3n) is 1.71. The van der Waals surface area contributed by atoms with Gasteiger partial charge in [0.1, 0.15) is 0 Å². The summed E-state index contributed by atoms with van der Waals surface area (Å²) in [7, 11) is 1.37. The zero-order valence-corrected chi connectivity index (χ0v) is 7.89. The van der Waals surface area contributed by atoms with Crippen LogP contribution in [0.25, 0.3) is 0 Å². The van der Waals surface area contributed by atoms with Gasteiger partial charge in [-0.15, -0.1) is 12.6 Å². The Labute approximate surface area is 77.0 Å². The molecule has 0 fully saturated rings. The highest BCUT2D eigenvalue weighted by Gasteiger charge is 2.09. The molecule has 0 heterocycles. The molecule has 0 unspecified atom stereocenters. The van der Waals surface area contributed by atoms with Crippen LogP contribution in [0.4, 0.5) is 0 Å². The van der Waals surface area contributed by atoms with Crippen molar-refractivity contribution in [1.82, 2.24) is 0 Å². The van der Waals surface area contributed by atoms with E-state index in [1.165, 1.54) is 7.11 Å². The Hall–Kier alpha value is -0.960. The van der Waals surface area contributed by atoms with E-state index in [9.17, 15) is 4.79 Å². The summed E-state index contributed by atoms with van der Waals surface area (Å²) in [6, 6.07) is 5.34. The molecule has 2 nitrogen and oxygen atoms in total. The lowest BCUT2D eigenvalue weighted by molar-refractivity contribution is 0.0599. The van der Waals surface area contributed by atoms with E-state index in [2.05, 4.69) is 17.4 Å². The molecule has 0 aliphatic carbocycles. The molecule has 0 spiro atoms. The maximum Gasteiger partial charge on any atom is 0.338 e. The van der Waals surface area contributed by atoms with Crippen LogP contribution >= 0.6 is 12.6 Å². The summed E-state index contributed by atoms with van der Waals surface area (Å²) in [4.78, 5) is 11.9. The van der Waals surface area contributed by atoms with Crippen LogP contribution in [-0.2, 0) is 4.74 Å². The molecule has 0 atom stereocenters. The van der Waals surface area contributed by atoms with E-state index in [0.29, 0.717) is 5.56 Å². The van der Waals surface area contributed by atoms with Gasteiger partial charge in [0.25, 0.3) is 0 Å². The van der Waals surface area contributed by atoms with Gasteiger partial charge in [-0.25, -0.2) is 4.79 Å². The average molecular weight is 182 g/mol. The Bertz CT molecular complexity index is 307. The van der Waals surface area contributed by atoms with Crippen molar-refractivity contribution < 1.29 is 9.53 Å². The van der Waals surface area contributed by atoms with E-state index < -0.39 is 0 Å². The standard InChI is InChI=1S/C9H10O2S/c1-6-7(9(10)11-2)4-3-5-8(6)12/h3-5,12H,1-2H3. The van der Waals surface area contributed by atoms with Crippen LogP contribution in [0.15, 0.2) is 23.1 Å². The predicted octanol–water partition coefficient (Wildman–Crippen LogP) is 2.07. The Morgan fingerprint density at radius 1 is 1.50 bits per heavy atom. The number of thiol groups is 1. The summed E-state index contributed by atoms with van der Waals surface area (Å²) in [5, 5.41) is 0. The molecule has 0 aliphatic rings. The lowest BCUT2D eigenvalue weighted by atomic mass is 10.1. The average Bonchev–Trinajstić information content (AvgIpc) is 2.08. The van der Waals surface area contributed by atoms with Gasteiger partial charge in [-0.05, 0) is 24.6 Å². The number of hydrogen-bond acceptors (Lipinski definition) is 3. The second kappa shape index (κ2) is 3.63. The summed E-state index contributed by atoms with van der Waals surface area (Å²) in [6.07, 6.45) is 0. The summed E-state index contributed by atoms with van der Waals surface area (Å²) < 4.78 is 4.60. The predicted molar refractivity (Wildman–Crippen MR) is 49.8 cm³/mol. The van der Waals surface area contributed by atoms with Crippen LogP contribution in [0.3, 0.4) is 0 Å². The second-order valence-electron chi connectivity index (χ2n) is 2.44. The first-order chi connectivity index (χ1) is 5.66. The third-order valence-corrected chi connectivity index (χ3v) is 2.19. The van der Waals surface area contributed by atoms with Crippen molar-refractivity contribution in [1.29, 1.82) is 0 Å². The molecule has 1 rings (SSSR count). The van der Waals surface area contributed by atoms with Gasteiger partial charge >= 0.3 is 5.97 Å². The van der Waals surface area contributed by atoms with E-state index >= 15 is 0 Å². The molecule has 1 aromatic rings. The number of ether oxygens (including phenoxy) is 1. The van der Waals surface area contributed by atoms with E-state index in [-0.39, 0.29) is 5.97 Å². The van der Waals surface area contributed by atoms with Crippen molar-refractivity contribution in [3.8, 4) is 0 Å². The highest BCUT2D eigenvalue weighted by Crippen LogP contribution is 2.17. The van der Waals surface area contributed by atoms with Crippen LogP contribution in [0, 0.1) is 6.92 Å². The monoisotopic (exact) mass is 182 g/mol. The van der Waals surface area contributed by atoms with Gasteiger partial charge in [0.2, 0.25) is 0 Å². The van der Waals surface area contributed by atoms with Gasteiger partial charge in [0.05, 0.1) is 12.7 Å². The van der Waals surface area contributed by atoms with Crippen LogP contribution in [0.2, 0.25) is 0 Å². The smallest absolute Gasteiger partial charge is 0.338 e. The minimum absolute atomic E-state index is 0.316. The highest BCUT2D eigenvalue weighted by atomic mass is 32.1. The zero-order chi connectivity index (χ0) is 9.14. The first kappa shape index (κ1) is 9.13.